The van der Waals surface area contributed by atoms with Crippen LogP contribution in [0.1, 0.15) is 35.2 Å². The van der Waals surface area contributed by atoms with Gasteiger partial charge in [-0.3, -0.25) is 9.97 Å². The van der Waals surface area contributed by atoms with Crippen molar-refractivity contribution in [1.82, 2.24) is 18.6 Å². The number of hydrogen-bond acceptors (Lipinski definition) is 6. The first-order valence-corrected chi connectivity index (χ1v) is 14.2. The Hall–Kier alpha value is -4.10. The van der Waals surface area contributed by atoms with E-state index in [2.05, 4.69) is 20.9 Å². The molecule has 1 aliphatic rings. The van der Waals surface area contributed by atoms with Gasteiger partial charge < -0.3 is 4.90 Å². The normalized spacial score (nSPS) is 15.5. The van der Waals surface area contributed by atoms with Crippen LogP contribution in [0.5, 0.6) is 0 Å². The second-order valence-electron chi connectivity index (χ2n) is 9.71. The molecule has 0 amide bonds. The lowest BCUT2D eigenvalue weighted by Crippen LogP contribution is -2.50. The number of pyridine rings is 2. The molecule has 0 bridgehead atoms. The Morgan fingerprint density at radius 1 is 0.950 bits per heavy atom. The molecule has 40 heavy (non-hydrogen) atoms. The van der Waals surface area contributed by atoms with Gasteiger partial charge >= 0.3 is 0 Å². The van der Waals surface area contributed by atoms with Crippen LogP contribution in [0.2, 0.25) is 0 Å². The van der Waals surface area contributed by atoms with Crippen LogP contribution in [0, 0.1) is 11.3 Å². The molecule has 8 nitrogen and oxygen atoms in total. The van der Waals surface area contributed by atoms with Crippen LogP contribution in [0.25, 0.3) is 0 Å². The van der Waals surface area contributed by atoms with E-state index in [1.807, 2.05) is 60.8 Å². The molecule has 2 aromatic carbocycles. The van der Waals surface area contributed by atoms with Crippen molar-refractivity contribution < 1.29 is 8.42 Å². The Balaban J connectivity index is 0.00000370. The highest BCUT2D eigenvalue weighted by atomic mass is 32.2. The molecule has 2 aromatic heterocycles. The van der Waals surface area contributed by atoms with Crippen molar-refractivity contribution >= 4 is 15.9 Å². The van der Waals surface area contributed by atoms with Crippen molar-refractivity contribution in [2.45, 2.75) is 39.5 Å². The molecule has 1 aliphatic heterocycles. The molecular weight excluding hydrogens is 520 g/mol. The number of aromatic nitrogens is 2. The van der Waals surface area contributed by atoms with Gasteiger partial charge in [0.15, 0.2) is 0 Å². The largest absolute Gasteiger partial charge is 0.365 e. The Morgan fingerprint density at radius 2 is 1.62 bits per heavy atom. The topological polar surface area (TPSA) is 93.4 Å². The monoisotopic (exact) mass is 554 g/mol. The van der Waals surface area contributed by atoms with Crippen LogP contribution >= 0.6 is 0 Å². The van der Waals surface area contributed by atoms with E-state index in [1.165, 1.54) is 4.31 Å². The smallest absolute Gasteiger partial charge is 0.282 e. The van der Waals surface area contributed by atoms with Gasteiger partial charge in [0.2, 0.25) is 0 Å². The Kier molecular flexibility index (Phi) is 9.27. The quantitative estimate of drug-likeness (QED) is 0.311. The zero-order valence-electron chi connectivity index (χ0n) is 21.8. The summed E-state index contributed by atoms with van der Waals surface area (Å²) in [4.78, 5) is 10.6. The molecule has 0 N–H and O–H groups in total. The van der Waals surface area contributed by atoms with Crippen molar-refractivity contribution in [1.29, 1.82) is 5.26 Å². The minimum Gasteiger partial charge on any atom is -0.365 e. The SMILES string of the molecule is C.CN(Cc1cccnc1)S(=O)(=O)N1Cc2cc(C#N)ccc2N(Cc2cccnc2)C[C@H]1Cc1ccccc1. The van der Waals surface area contributed by atoms with Gasteiger partial charge in [-0.1, -0.05) is 49.9 Å². The van der Waals surface area contributed by atoms with E-state index >= 15 is 0 Å². The van der Waals surface area contributed by atoms with E-state index in [9.17, 15) is 13.7 Å². The van der Waals surface area contributed by atoms with Crippen LogP contribution in [0.4, 0.5) is 5.69 Å². The first kappa shape index (κ1) is 28.9. The number of benzene rings is 2. The van der Waals surface area contributed by atoms with Crippen LogP contribution in [-0.4, -0.2) is 46.6 Å². The summed E-state index contributed by atoms with van der Waals surface area (Å²) in [7, 11) is -2.29. The van der Waals surface area contributed by atoms with Gasteiger partial charge in [-0.2, -0.15) is 22.3 Å². The van der Waals surface area contributed by atoms with E-state index in [0.29, 0.717) is 25.1 Å². The maximum absolute atomic E-state index is 14.2. The molecule has 206 valence electrons. The summed E-state index contributed by atoms with van der Waals surface area (Å²) in [5, 5.41) is 9.62. The zero-order valence-corrected chi connectivity index (χ0v) is 22.6. The van der Waals surface area contributed by atoms with Gasteiger partial charge in [0.05, 0.1) is 11.6 Å². The van der Waals surface area contributed by atoms with Gasteiger partial charge in [0.1, 0.15) is 0 Å². The van der Waals surface area contributed by atoms with E-state index in [0.717, 1.165) is 27.9 Å². The maximum atomic E-state index is 14.2. The average Bonchev–Trinajstić information content (AvgIpc) is 3.11. The minimum atomic E-state index is -3.89. The zero-order chi connectivity index (χ0) is 27.2. The summed E-state index contributed by atoms with van der Waals surface area (Å²) in [6.07, 6.45) is 7.47. The summed E-state index contributed by atoms with van der Waals surface area (Å²) < 4.78 is 31.4. The third-order valence-corrected chi connectivity index (χ3v) is 8.88. The van der Waals surface area contributed by atoms with E-state index < -0.39 is 10.2 Å². The molecular formula is C31H34N6O2S. The number of rotatable bonds is 8. The summed E-state index contributed by atoms with van der Waals surface area (Å²) in [6.45, 7) is 1.40. The fourth-order valence-electron chi connectivity index (χ4n) is 5.02. The Labute approximate surface area is 237 Å². The van der Waals surface area contributed by atoms with Gasteiger partial charge in [-0.15, -0.1) is 0 Å². The summed E-state index contributed by atoms with van der Waals surface area (Å²) in [5.74, 6) is 0. The molecule has 9 heteroatoms. The molecule has 0 saturated carbocycles. The summed E-state index contributed by atoms with van der Waals surface area (Å²) >= 11 is 0. The highest BCUT2D eigenvalue weighted by Crippen LogP contribution is 2.33. The predicted octanol–water partition coefficient (Wildman–Crippen LogP) is 4.79. The van der Waals surface area contributed by atoms with Crippen molar-refractivity contribution in [3.63, 3.8) is 0 Å². The molecule has 3 heterocycles. The number of nitrogens with zero attached hydrogens (tertiary/aromatic N) is 6. The molecule has 0 radical (unpaired) electrons. The average molecular weight is 555 g/mol. The van der Waals surface area contributed by atoms with Crippen LogP contribution in [-0.2, 0) is 36.3 Å². The number of hydrogen-bond donors (Lipinski definition) is 0. The Bertz CT molecular complexity index is 1540. The lowest BCUT2D eigenvalue weighted by Gasteiger charge is -2.34. The van der Waals surface area contributed by atoms with Gasteiger partial charge in [-0.25, -0.2) is 0 Å². The van der Waals surface area contributed by atoms with Gasteiger partial charge in [0, 0.05) is 69.7 Å². The van der Waals surface area contributed by atoms with Crippen LogP contribution in [0.15, 0.2) is 97.6 Å². The fraction of sp³-hybridized carbons (Fsp3) is 0.258. The highest BCUT2D eigenvalue weighted by Gasteiger charge is 2.38. The molecule has 0 saturated heterocycles. The molecule has 0 unspecified atom stereocenters. The summed E-state index contributed by atoms with van der Waals surface area (Å²) in [6, 6.07) is 24.9. The second kappa shape index (κ2) is 12.8. The second-order valence-corrected chi connectivity index (χ2v) is 11.7. The highest BCUT2D eigenvalue weighted by molar-refractivity contribution is 7.86. The minimum absolute atomic E-state index is 0. The molecule has 0 fully saturated rings. The number of nitriles is 1. The van der Waals surface area contributed by atoms with Crippen molar-refractivity contribution in [3.8, 4) is 6.07 Å². The number of anilines is 1. The van der Waals surface area contributed by atoms with Gasteiger partial charge in [-0.05, 0) is 59.0 Å². The maximum Gasteiger partial charge on any atom is 0.282 e. The first-order chi connectivity index (χ1) is 18.9. The van der Waals surface area contributed by atoms with E-state index in [1.54, 1.807) is 48.1 Å². The third kappa shape index (κ3) is 6.54. The molecule has 0 spiro atoms. The van der Waals surface area contributed by atoms with E-state index in [-0.39, 0.29) is 26.6 Å². The number of fused-ring (bicyclic) bond motifs is 1. The predicted molar refractivity (Wildman–Crippen MR) is 157 cm³/mol. The lowest BCUT2D eigenvalue weighted by atomic mass is 10.1. The van der Waals surface area contributed by atoms with Crippen molar-refractivity contribution in [2.75, 3.05) is 18.5 Å². The van der Waals surface area contributed by atoms with Crippen LogP contribution < -0.4 is 4.90 Å². The molecule has 4 aromatic rings. The fourth-order valence-corrected chi connectivity index (χ4v) is 6.52. The third-order valence-electron chi connectivity index (χ3n) is 6.94. The standard InChI is InChI=1S/C30H30N6O2S.CH4/c1-34(20-26-9-5-13-32-18-26)39(37,38)36-22-28-15-25(17-31)11-12-30(28)35(21-27-10-6-14-33-19-27)23-29(36)16-24-7-3-2-4-8-24;/h2-15,18-19,29H,16,20-23H2,1H3;1H4/t29-;/m1./s1. The lowest BCUT2D eigenvalue weighted by molar-refractivity contribution is 0.288. The molecule has 5 rings (SSSR count). The van der Waals surface area contributed by atoms with Crippen molar-refractivity contribution in [3.05, 3.63) is 125 Å². The van der Waals surface area contributed by atoms with E-state index in [4.69, 9.17) is 0 Å². The molecule has 1 atom stereocenters. The summed E-state index contributed by atoms with van der Waals surface area (Å²) in [5.41, 5.74) is 5.11. The molecule has 0 aliphatic carbocycles. The van der Waals surface area contributed by atoms with Crippen molar-refractivity contribution in [2.24, 2.45) is 0 Å². The Morgan fingerprint density at radius 3 is 2.27 bits per heavy atom. The first-order valence-electron chi connectivity index (χ1n) is 12.8. The van der Waals surface area contributed by atoms with Crippen LogP contribution in [0.3, 0.4) is 0 Å². The van der Waals surface area contributed by atoms with Gasteiger partial charge in [0.25, 0.3) is 10.2 Å².